The SMILES string of the molecule is CC.CC.CC(C)N1CCn2c(CNc3cccc4n[nH]c(=O)n34)cc(=O)c(O)c2C1=O. The van der Waals surface area contributed by atoms with Crippen LogP contribution in [0, 0.1) is 0 Å². The second-order valence-electron chi connectivity index (χ2n) is 6.93. The number of amides is 1. The maximum Gasteiger partial charge on any atom is 0.349 e. The van der Waals surface area contributed by atoms with Gasteiger partial charge in [0.1, 0.15) is 5.82 Å². The fourth-order valence-electron chi connectivity index (χ4n) is 3.52. The van der Waals surface area contributed by atoms with Gasteiger partial charge in [-0.3, -0.25) is 9.59 Å². The van der Waals surface area contributed by atoms with Crippen molar-refractivity contribution in [1.82, 2.24) is 24.1 Å². The molecule has 0 unspecified atom stereocenters. The van der Waals surface area contributed by atoms with Crippen LogP contribution >= 0.6 is 0 Å². The van der Waals surface area contributed by atoms with Gasteiger partial charge in [-0.25, -0.2) is 14.3 Å². The molecule has 3 aromatic rings. The first kappa shape index (κ1) is 24.7. The minimum absolute atomic E-state index is 0.00272. The Kier molecular flexibility index (Phi) is 8.22. The van der Waals surface area contributed by atoms with Crippen molar-refractivity contribution in [3.05, 3.63) is 56.4 Å². The van der Waals surface area contributed by atoms with Gasteiger partial charge in [-0.05, 0) is 26.0 Å². The summed E-state index contributed by atoms with van der Waals surface area (Å²) in [5.74, 6) is -0.407. The lowest BCUT2D eigenvalue weighted by Crippen LogP contribution is -2.46. The third-order valence-electron chi connectivity index (χ3n) is 4.91. The molecule has 10 heteroatoms. The molecule has 0 atom stereocenters. The number of carbonyl (C=O) groups is 1. The molecule has 0 fully saturated rings. The van der Waals surface area contributed by atoms with Crippen LogP contribution in [0.5, 0.6) is 5.75 Å². The summed E-state index contributed by atoms with van der Waals surface area (Å²) in [7, 11) is 0. The molecule has 10 nitrogen and oxygen atoms in total. The van der Waals surface area contributed by atoms with Gasteiger partial charge in [0.25, 0.3) is 5.91 Å². The Morgan fingerprint density at radius 2 is 1.81 bits per heavy atom. The van der Waals surface area contributed by atoms with Gasteiger partial charge in [-0.1, -0.05) is 33.8 Å². The van der Waals surface area contributed by atoms with Crippen LogP contribution in [0.15, 0.2) is 33.9 Å². The highest BCUT2D eigenvalue weighted by Crippen LogP contribution is 2.23. The van der Waals surface area contributed by atoms with E-state index in [-0.39, 0.29) is 29.9 Å². The molecule has 3 N–H and O–H groups in total. The second kappa shape index (κ2) is 10.7. The minimum atomic E-state index is -0.610. The number of nitrogens with one attached hydrogen (secondary N) is 2. The number of hydrogen-bond acceptors (Lipinski definition) is 6. The number of aromatic nitrogens is 4. The maximum absolute atomic E-state index is 12.8. The van der Waals surface area contributed by atoms with E-state index in [1.807, 2.05) is 41.5 Å². The Balaban J connectivity index is 0.000000860. The molecule has 1 aliphatic heterocycles. The fourth-order valence-corrected chi connectivity index (χ4v) is 3.52. The number of anilines is 1. The molecule has 174 valence electrons. The molecular weight excluding hydrogens is 412 g/mol. The predicted molar refractivity (Wildman–Crippen MR) is 124 cm³/mol. The van der Waals surface area contributed by atoms with Crippen LogP contribution < -0.4 is 16.4 Å². The van der Waals surface area contributed by atoms with Crippen LogP contribution in [0.4, 0.5) is 5.82 Å². The lowest BCUT2D eigenvalue weighted by Gasteiger charge is -2.34. The quantitative estimate of drug-likeness (QED) is 0.568. The number of hydrogen-bond donors (Lipinski definition) is 3. The largest absolute Gasteiger partial charge is 0.503 e. The van der Waals surface area contributed by atoms with E-state index in [9.17, 15) is 19.5 Å². The Morgan fingerprint density at radius 1 is 1.12 bits per heavy atom. The summed E-state index contributed by atoms with van der Waals surface area (Å²) in [5, 5.41) is 19.6. The van der Waals surface area contributed by atoms with E-state index in [1.54, 1.807) is 27.7 Å². The third kappa shape index (κ3) is 4.53. The van der Waals surface area contributed by atoms with E-state index in [4.69, 9.17) is 0 Å². The van der Waals surface area contributed by atoms with Crippen molar-refractivity contribution >= 4 is 17.4 Å². The van der Waals surface area contributed by atoms with Crippen molar-refractivity contribution in [2.75, 3.05) is 11.9 Å². The highest BCUT2D eigenvalue weighted by atomic mass is 16.3. The number of pyridine rings is 2. The van der Waals surface area contributed by atoms with E-state index in [0.717, 1.165) is 0 Å². The Morgan fingerprint density at radius 3 is 2.47 bits per heavy atom. The normalized spacial score (nSPS) is 12.6. The van der Waals surface area contributed by atoms with Crippen LogP contribution in [0.1, 0.15) is 57.7 Å². The molecule has 3 aromatic heterocycles. The van der Waals surface area contributed by atoms with E-state index < -0.39 is 11.2 Å². The Labute approximate surface area is 186 Å². The van der Waals surface area contributed by atoms with Gasteiger partial charge >= 0.3 is 5.69 Å². The highest BCUT2D eigenvalue weighted by Gasteiger charge is 2.31. The summed E-state index contributed by atoms with van der Waals surface area (Å²) in [5.41, 5.74) is 0.0140. The summed E-state index contributed by atoms with van der Waals surface area (Å²) in [6.45, 7) is 12.9. The van der Waals surface area contributed by atoms with Crippen molar-refractivity contribution in [1.29, 1.82) is 0 Å². The van der Waals surface area contributed by atoms with Gasteiger partial charge in [-0.2, -0.15) is 5.10 Å². The number of aromatic hydroxyl groups is 1. The van der Waals surface area contributed by atoms with Crippen molar-refractivity contribution in [3.63, 3.8) is 0 Å². The summed E-state index contributed by atoms with van der Waals surface area (Å²) in [4.78, 5) is 38.6. The standard InChI is InChI=1S/C18H20N6O4.2C2H6/c1-10(2)22-6-7-23-11(8-12(25)16(26)15(23)17(22)27)9-19-13-4-3-5-14-20-21-18(28)24(13)14;2*1-2/h3-5,8,10,19,26H,6-7,9H2,1-2H3,(H,21,28);2*1-2H3. The minimum Gasteiger partial charge on any atom is -0.503 e. The predicted octanol–water partition coefficient (Wildman–Crippen LogP) is 2.42. The van der Waals surface area contributed by atoms with Crippen molar-refractivity contribution in [3.8, 4) is 5.75 Å². The number of carbonyl (C=O) groups excluding carboxylic acids is 1. The molecule has 0 aromatic carbocycles. The fraction of sp³-hybridized carbons (Fsp3) is 0.455. The molecule has 0 aliphatic carbocycles. The molecule has 0 radical (unpaired) electrons. The monoisotopic (exact) mass is 444 g/mol. The van der Waals surface area contributed by atoms with Crippen LogP contribution in [0.2, 0.25) is 0 Å². The topological polar surface area (TPSA) is 125 Å². The van der Waals surface area contributed by atoms with E-state index in [1.165, 1.54) is 10.5 Å². The van der Waals surface area contributed by atoms with Gasteiger partial charge < -0.3 is 19.9 Å². The summed E-state index contributed by atoms with van der Waals surface area (Å²) < 4.78 is 3.03. The van der Waals surface area contributed by atoms with Gasteiger partial charge in [0.2, 0.25) is 5.43 Å². The molecular formula is C22H32N6O4. The van der Waals surface area contributed by atoms with Crippen LogP contribution in [-0.4, -0.2) is 47.7 Å². The number of rotatable bonds is 4. The summed E-state index contributed by atoms with van der Waals surface area (Å²) in [6, 6.07) is 6.42. The number of fused-ring (bicyclic) bond motifs is 2. The Hall–Kier alpha value is -3.56. The smallest absolute Gasteiger partial charge is 0.349 e. The molecule has 0 saturated carbocycles. The average molecular weight is 445 g/mol. The Bertz CT molecular complexity index is 1190. The van der Waals surface area contributed by atoms with Gasteiger partial charge in [0, 0.05) is 30.9 Å². The molecule has 4 heterocycles. The van der Waals surface area contributed by atoms with Crippen LogP contribution in [-0.2, 0) is 13.1 Å². The van der Waals surface area contributed by atoms with E-state index in [2.05, 4.69) is 15.5 Å². The average Bonchev–Trinajstić information content (AvgIpc) is 3.19. The van der Waals surface area contributed by atoms with Gasteiger partial charge in [0.15, 0.2) is 17.1 Å². The first-order valence-electron chi connectivity index (χ1n) is 10.9. The molecule has 0 spiro atoms. The molecule has 0 bridgehead atoms. The summed E-state index contributed by atoms with van der Waals surface area (Å²) >= 11 is 0. The first-order chi connectivity index (χ1) is 15.4. The highest BCUT2D eigenvalue weighted by molar-refractivity contribution is 5.96. The lowest BCUT2D eigenvalue weighted by atomic mass is 10.1. The molecule has 4 rings (SSSR count). The molecule has 32 heavy (non-hydrogen) atoms. The maximum atomic E-state index is 12.8. The van der Waals surface area contributed by atoms with Crippen LogP contribution in [0.3, 0.4) is 0 Å². The molecule has 0 saturated heterocycles. The zero-order valence-corrected chi connectivity index (χ0v) is 19.5. The molecule has 1 aliphatic rings. The first-order valence-corrected chi connectivity index (χ1v) is 10.9. The number of H-pyrrole nitrogens is 1. The van der Waals surface area contributed by atoms with E-state index in [0.29, 0.717) is 30.2 Å². The van der Waals surface area contributed by atoms with Crippen LogP contribution in [0.25, 0.3) is 5.65 Å². The number of aromatic amines is 1. The molecule has 1 amide bonds. The number of nitrogens with zero attached hydrogens (tertiary/aromatic N) is 4. The zero-order valence-electron chi connectivity index (χ0n) is 19.5. The zero-order chi connectivity index (χ0) is 24.0. The van der Waals surface area contributed by atoms with E-state index >= 15 is 0 Å². The lowest BCUT2D eigenvalue weighted by molar-refractivity contribution is 0.0639. The van der Waals surface area contributed by atoms with Crippen molar-refractivity contribution in [2.24, 2.45) is 0 Å². The van der Waals surface area contributed by atoms with Gasteiger partial charge in [0.05, 0.1) is 6.54 Å². The van der Waals surface area contributed by atoms with Crippen molar-refractivity contribution in [2.45, 2.75) is 60.7 Å². The van der Waals surface area contributed by atoms with Gasteiger partial charge in [-0.15, -0.1) is 0 Å². The third-order valence-corrected chi connectivity index (χ3v) is 4.91. The summed E-state index contributed by atoms with van der Waals surface area (Å²) in [6.07, 6.45) is 0. The van der Waals surface area contributed by atoms with Crippen molar-refractivity contribution < 1.29 is 9.90 Å². The second-order valence-corrected chi connectivity index (χ2v) is 6.93.